The summed E-state index contributed by atoms with van der Waals surface area (Å²) in [4.78, 5) is 34.9. The fourth-order valence-corrected chi connectivity index (χ4v) is 7.53. The van der Waals surface area contributed by atoms with Gasteiger partial charge in [-0.25, -0.2) is 19.4 Å². The molecule has 4 heterocycles. The van der Waals surface area contributed by atoms with Crippen molar-refractivity contribution in [2.75, 3.05) is 73.6 Å². The summed E-state index contributed by atoms with van der Waals surface area (Å²) in [6.07, 6.45) is 8.01. The predicted molar refractivity (Wildman–Crippen MR) is 191 cm³/mol. The van der Waals surface area contributed by atoms with Crippen molar-refractivity contribution >= 4 is 57.8 Å². The van der Waals surface area contributed by atoms with E-state index in [0.717, 1.165) is 50.7 Å². The van der Waals surface area contributed by atoms with E-state index in [1.807, 2.05) is 12.1 Å². The highest BCUT2D eigenvalue weighted by molar-refractivity contribution is 6.42. The van der Waals surface area contributed by atoms with E-state index in [4.69, 9.17) is 32.8 Å². The van der Waals surface area contributed by atoms with Crippen molar-refractivity contribution in [2.24, 2.45) is 0 Å². The number of nitrogens with one attached hydrogen (secondary N) is 2. The SMILES string of the molecule is C=CC(=O)Nc1cc(Nc2cc(N3OCC[C@@H]3c3ccc(Cl)c(Cl)c3F)ncn2)c(OC)cc1N1CCC(N2CCN(C3CC3)CC2)CC1. The molecule has 4 fully saturated rings. The minimum atomic E-state index is -0.586. The molecule has 3 aliphatic heterocycles. The summed E-state index contributed by atoms with van der Waals surface area (Å²) in [5.74, 6) is 0.564. The Morgan fingerprint density at radius 3 is 2.37 bits per heavy atom. The van der Waals surface area contributed by atoms with Crippen LogP contribution < -0.4 is 25.3 Å². The van der Waals surface area contributed by atoms with Gasteiger partial charge in [-0.05, 0) is 43.9 Å². The second kappa shape index (κ2) is 14.7. The Kier molecular flexibility index (Phi) is 10.1. The Morgan fingerprint density at radius 2 is 1.69 bits per heavy atom. The number of carbonyl (C=O) groups is 1. The average Bonchev–Trinajstić information content (AvgIpc) is 3.87. The zero-order chi connectivity index (χ0) is 34.1. The highest BCUT2D eigenvalue weighted by atomic mass is 35.5. The van der Waals surface area contributed by atoms with E-state index in [9.17, 15) is 4.79 Å². The molecule has 14 heteroatoms. The molecule has 4 aliphatic rings. The molecule has 1 aromatic heterocycles. The van der Waals surface area contributed by atoms with Gasteiger partial charge in [-0.15, -0.1) is 0 Å². The van der Waals surface area contributed by atoms with E-state index >= 15 is 4.39 Å². The van der Waals surface area contributed by atoms with Crippen LogP contribution in [0.3, 0.4) is 0 Å². The van der Waals surface area contributed by atoms with Crippen molar-refractivity contribution in [1.29, 1.82) is 0 Å². The molecule has 1 saturated carbocycles. The van der Waals surface area contributed by atoms with Crippen LogP contribution in [0.15, 0.2) is 49.3 Å². The van der Waals surface area contributed by atoms with Gasteiger partial charge in [0, 0.05) is 75.5 Å². The van der Waals surface area contributed by atoms with Crippen LogP contribution in [0.1, 0.15) is 43.7 Å². The third-order valence-electron chi connectivity index (χ3n) is 9.96. The summed E-state index contributed by atoms with van der Waals surface area (Å²) < 4.78 is 21.0. The average molecular weight is 712 g/mol. The van der Waals surface area contributed by atoms with Gasteiger partial charge >= 0.3 is 0 Å². The highest BCUT2D eigenvalue weighted by Gasteiger charge is 2.35. The molecule has 2 aromatic carbocycles. The summed E-state index contributed by atoms with van der Waals surface area (Å²) >= 11 is 12.1. The Balaban J connectivity index is 1.09. The van der Waals surface area contributed by atoms with Crippen LogP contribution in [0.25, 0.3) is 0 Å². The van der Waals surface area contributed by atoms with Crippen LogP contribution in [-0.2, 0) is 9.63 Å². The number of hydrogen-bond donors (Lipinski definition) is 2. The molecule has 49 heavy (non-hydrogen) atoms. The molecule has 3 aromatic rings. The van der Waals surface area contributed by atoms with Crippen LogP contribution in [0.4, 0.5) is 33.1 Å². The maximum absolute atomic E-state index is 15.1. The number of anilines is 5. The fourth-order valence-electron chi connectivity index (χ4n) is 7.21. The van der Waals surface area contributed by atoms with E-state index in [-0.39, 0.29) is 16.0 Å². The molecule has 0 radical (unpaired) electrons. The number of ether oxygens (including phenoxy) is 1. The lowest BCUT2D eigenvalue weighted by Gasteiger charge is -2.43. The predicted octanol–water partition coefficient (Wildman–Crippen LogP) is 6.43. The van der Waals surface area contributed by atoms with Crippen molar-refractivity contribution in [3.05, 3.63) is 70.7 Å². The first-order valence-electron chi connectivity index (χ1n) is 16.9. The van der Waals surface area contributed by atoms with Gasteiger partial charge in [0.1, 0.15) is 23.7 Å². The number of amides is 1. The Hall–Kier alpha value is -3.68. The van der Waals surface area contributed by atoms with Gasteiger partial charge in [0.15, 0.2) is 5.82 Å². The summed E-state index contributed by atoms with van der Waals surface area (Å²) in [7, 11) is 1.61. The molecule has 0 unspecified atom stereocenters. The number of rotatable bonds is 10. The topological polar surface area (TPSA) is 98.3 Å². The zero-order valence-electron chi connectivity index (χ0n) is 27.5. The minimum absolute atomic E-state index is 0.127. The lowest BCUT2D eigenvalue weighted by Crippen LogP contribution is -2.53. The smallest absolute Gasteiger partial charge is 0.247 e. The van der Waals surface area contributed by atoms with Gasteiger partial charge in [0.25, 0.3) is 0 Å². The first-order chi connectivity index (χ1) is 23.8. The van der Waals surface area contributed by atoms with Crippen molar-refractivity contribution in [1.82, 2.24) is 19.8 Å². The van der Waals surface area contributed by atoms with Crippen LogP contribution in [0.5, 0.6) is 5.75 Å². The molecule has 1 aliphatic carbocycles. The van der Waals surface area contributed by atoms with Gasteiger partial charge in [-0.3, -0.25) is 19.4 Å². The molecule has 11 nitrogen and oxygen atoms in total. The Bertz CT molecular complexity index is 1700. The van der Waals surface area contributed by atoms with Crippen molar-refractivity contribution in [3.63, 3.8) is 0 Å². The minimum Gasteiger partial charge on any atom is -0.494 e. The summed E-state index contributed by atoms with van der Waals surface area (Å²) in [5.41, 5.74) is 2.47. The normalized spacial score (nSPS) is 20.8. The van der Waals surface area contributed by atoms with E-state index in [0.29, 0.717) is 53.4 Å². The quantitative estimate of drug-likeness (QED) is 0.181. The first-order valence-corrected chi connectivity index (χ1v) is 17.6. The molecule has 2 N–H and O–H groups in total. The van der Waals surface area contributed by atoms with E-state index in [2.05, 4.69) is 41.9 Å². The molecule has 1 atom stereocenters. The molecular formula is C35H41Cl2FN8O3. The van der Waals surface area contributed by atoms with Crippen LogP contribution >= 0.6 is 23.2 Å². The van der Waals surface area contributed by atoms with Crippen molar-refractivity contribution in [2.45, 2.75) is 50.2 Å². The third kappa shape index (κ3) is 7.29. The summed E-state index contributed by atoms with van der Waals surface area (Å²) in [5, 5.41) is 7.89. The number of piperazine rings is 1. The van der Waals surface area contributed by atoms with Crippen LogP contribution in [0, 0.1) is 5.82 Å². The van der Waals surface area contributed by atoms with Gasteiger partial charge in [0.05, 0.1) is 46.9 Å². The fraction of sp³-hybridized carbons (Fsp3) is 0.457. The summed E-state index contributed by atoms with van der Waals surface area (Å²) in [6, 6.07) is 9.61. The second-order valence-electron chi connectivity index (χ2n) is 12.9. The van der Waals surface area contributed by atoms with Crippen LogP contribution in [0.2, 0.25) is 10.0 Å². The third-order valence-corrected chi connectivity index (χ3v) is 10.7. The molecule has 1 amide bonds. The number of nitrogens with zero attached hydrogens (tertiary/aromatic N) is 6. The lowest BCUT2D eigenvalue weighted by molar-refractivity contribution is -0.111. The van der Waals surface area contributed by atoms with E-state index in [1.54, 1.807) is 30.4 Å². The van der Waals surface area contributed by atoms with E-state index < -0.39 is 11.9 Å². The molecule has 0 spiro atoms. The first kappa shape index (κ1) is 33.8. The number of halogens is 3. The number of carbonyl (C=O) groups excluding carboxylic acids is 1. The molecule has 0 bridgehead atoms. The number of benzene rings is 2. The van der Waals surface area contributed by atoms with Crippen LogP contribution in [-0.4, -0.2) is 90.7 Å². The number of aromatic nitrogens is 2. The van der Waals surface area contributed by atoms with Crippen molar-refractivity contribution in [3.8, 4) is 5.75 Å². The zero-order valence-corrected chi connectivity index (χ0v) is 29.0. The Labute approximate surface area is 295 Å². The number of hydroxylamine groups is 1. The van der Waals surface area contributed by atoms with E-state index in [1.165, 1.54) is 38.3 Å². The van der Waals surface area contributed by atoms with Gasteiger partial charge in [0.2, 0.25) is 5.91 Å². The highest BCUT2D eigenvalue weighted by Crippen LogP contribution is 2.42. The maximum atomic E-state index is 15.1. The number of piperidine rings is 1. The largest absolute Gasteiger partial charge is 0.494 e. The number of methoxy groups -OCH3 is 1. The molecular weight excluding hydrogens is 670 g/mol. The summed E-state index contributed by atoms with van der Waals surface area (Å²) in [6.45, 7) is 10.4. The molecule has 3 saturated heterocycles. The molecule has 260 valence electrons. The molecule has 7 rings (SSSR count). The van der Waals surface area contributed by atoms with Gasteiger partial charge in [-0.1, -0.05) is 35.8 Å². The second-order valence-corrected chi connectivity index (χ2v) is 13.7. The standard InChI is InChI=1S/C35H41Cl2FN8O3/c1-3-33(47)42-26-18-27(30(48-2)19-29(26)45-11-8-23(9-12-45)44-15-13-43(14-16-44)22-4-5-22)41-31-20-32(40-21-39-31)46-28(10-17-49-46)24-6-7-25(36)34(37)35(24)38/h3,6-7,18-23,28H,1,4-5,8-17H2,2H3,(H,42,47)(H,39,40,41)/t28-/m1/s1. The van der Waals surface area contributed by atoms with Gasteiger partial charge in [-0.2, -0.15) is 0 Å². The number of hydrogen-bond acceptors (Lipinski definition) is 10. The van der Waals surface area contributed by atoms with Crippen molar-refractivity contribution < 1.29 is 18.8 Å². The van der Waals surface area contributed by atoms with Gasteiger partial charge < -0.3 is 20.3 Å². The Morgan fingerprint density at radius 1 is 0.980 bits per heavy atom. The maximum Gasteiger partial charge on any atom is 0.247 e. The lowest BCUT2D eigenvalue weighted by atomic mass is 10.0. The monoisotopic (exact) mass is 710 g/mol.